The van der Waals surface area contributed by atoms with Crippen molar-refractivity contribution in [1.82, 2.24) is 9.88 Å². The number of carbonyl (C=O) groups is 2. The van der Waals surface area contributed by atoms with Crippen molar-refractivity contribution < 1.29 is 9.59 Å². The predicted octanol–water partition coefficient (Wildman–Crippen LogP) is 3.77. The van der Waals surface area contributed by atoms with E-state index in [4.69, 9.17) is 17.3 Å². The topological polar surface area (TPSA) is 79.2 Å². The van der Waals surface area contributed by atoms with Gasteiger partial charge in [-0.15, -0.1) is 11.3 Å². The first-order chi connectivity index (χ1) is 12.0. The van der Waals surface area contributed by atoms with E-state index in [1.54, 1.807) is 42.5 Å². The minimum Gasteiger partial charge on any atom is -0.366 e. The molecule has 1 aromatic carbocycles. The van der Waals surface area contributed by atoms with Crippen LogP contribution in [0.3, 0.4) is 0 Å². The first kappa shape index (κ1) is 17.3. The van der Waals surface area contributed by atoms with Crippen LogP contribution in [-0.2, 0) is 6.54 Å². The van der Waals surface area contributed by atoms with Crippen LogP contribution in [0.1, 0.15) is 26.3 Å². The number of benzene rings is 1. The Labute approximate surface area is 154 Å². The first-order valence-electron chi connectivity index (χ1n) is 7.52. The van der Waals surface area contributed by atoms with Gasteiger partial charge < -0.3 is 15.6 Å². The fourth-order valence-electron chi connectivity index (χ4n) is 2.58. The highest BCUT2D eigenvalue weighted by Crippen LogP contribution is 2.33. The molecule has 0 saturated carbocycles. The van der Waals surface area contributed by atoms with Gasteiger partial charge in [-0.25, -0.2) is 0 Å². The number of halogens is 1. The summed E-state index contributed by atoms with van der Waals surface area (Å²) in [4.78, 5) is 29.6. The Bertz CT molecular complexity index is 932. The normalized spacial score (nSPS) is 10.6. The molecule has 25 heavy (non-hydrogen) atoms. The van der Waals surface area contributed by atoms with Gasteiger partial charge >= 0.3 is 0 Å². The first-order valence-corrected chi connectivity index (χ1v) is 8.72. The Kier molecular flexibility index (Phi) is 4.92. The molecule has 128 valence electrons. The molecule has 3 N–H and O–H groups in total. The molecular weight excluding hydrogens is 358 g/mol. The highest BCUT2D eigenvalue weighted by Gasteiger charge is 2.19. The maximum atomic E-state index is 12.8. The molecule has 2 amide bonds. The van der Waals surface area contributed by atoms with Crippen molar-refractivity contribution in [3.05, 3.63) is 69.8 Å². The SMILES string of the molecule is CN(Cc1cccc(C(N)=O)c1)C(=O)c1c[nH]cc1-c1ccc(Cl)s1. The van der Waals surface area contributed by atoms with Gasteiger partial charge in [-0.2, -0.15) is 0 Å². The van der Waals surface area contributed by atoms with Gasteiger partial charge in [0, 0.05) is 42.0 Å². The molecule has 0 aliphatic heterocycles. The third-order valence-corrected chi connectivity index (χ3v) is 5.06. The van der Waals surface area contributed by atoms with Gasteiger partial charge in [0.25, 0.3) is 5.91 Å². The van der Waals surface area contributed by atoms with Gasteiger partial charge in [0.2, 0.25) is 5.91 Å². The molecule has 0 aliphatic carbocycles. The molecule has 5 nitrogen and oxygen atoms in total. The van der Waals surface area contributed by atoms with Crippen LogP contribution in [-0.4, -0.2) is 28.7 Å². The molecule has 3 aromatic rings. The monoisotopic (exact) mass is 373 g/mol. The van der Waals surface area contributed by atoms with Crippen molar-refractivity contribution >= 4 is 34.8 Å². The minimum atomic E-state index is -0.488. The molecule has 3 rings (SSSR count). The van der Waals surface area contributed by atoms with Crippen LogP contribution in [0, 0.1) is 0 Å². The summed E-state index contributed by atoms with van der Waals surface area (Å²) in [5, 5.41) is 0. The molecule has 0 unspecified atom stereocenters. The molecule has 2 heterocycles. The molecule has 0 bridgehead atoms. The molecular formula is C18H16ClN3O2S. The highest BCUT2D eigenvalue weighted by atomic mass is 35.5. The number of hydrogen-bond donors (Lipinski definition) is 2. The molecule has 2 aromatic heterocycles. The highest BCUT2D eigenvalue weighted by molar-refractivity contribution is 7.19. The average molecular weight is 374 g/mol. The second kappa shape index (κ2) is 7.13. The third kappa shape index (κ3) is 3.75. The smallest absolute Gasteiger partial charge is 0.256 e. The number of primary amides is 1. The van der Waals surface area contributed by atoms with E-state index in [1.807, 2.05) is 18.2 Å². The molecule has 0 atom stereocenters. The van der Waals surface area contributed by atoms with Gasteiger partial charge in [-0.05, 0) is 29.8 Å². The lowest BCUT2D eigenvalue weighted by atomic mass is 10.1. The van der Waals surface area contributed by atoms with Crippen molar-refractivity contribution in [2.45, 2.75) is 6.54 Å². The number of rotatable bonds is 5. The lowest BCUT2D eigenvalue weighted by Crippen LogP contribution is -2.26. The third-order valence-electron chi connectivity index (χ3n) is 3.79. The summed E-state index contributed by atoms with van der Waals surface area (Å²) < 4.78 is 0.672. The Hall–Kier alpha value is -2.57. The Morgan fingerprint density at radius 3 is 2.72 bits per heavy atom. The molecule has 0 aliphatic rings. The van der Waals surface area contributed by atoms with E-state index < -0.39 is 5.91 Å². The fraction of sp³-hybridized carbons (Fsp3) is 0.111. The summed E-state index contributed by atoms with van der Waals surface area (Å²) in [6.07, 6.45) is 3.47. The van der Waals surface area contributed by atoms with E-state index in [1.165, 1.54) is 11.3 Å². The van der Waals surface area contributed by atoms with Crippen LogP contribution < -0.4 is 5.73 Å². The molecule has 7 heteroatoms. The van der Waals surface area contributed by atoms with Crippen LogP contribution in [0.15, 0.2) is 48.8 Å². The Balaban J connectivity index is 1.81. The van der Waals surface area contributed by atoms with Gasteiger partial charge in [-0.1, -0.05) is 23.7 Å². The van der Waals surface area contributed by atoms with Crippen LogP contribution in [0.5, 0.6) is 0 Å². The van der Waals surface area contributed by atoms with Crippen LogP contribution in [0.25, 0.3) is 10.4 Å². The average Bonchev–Trinajstić information content (AvgIpc) is 3.22. The summed E-state index contributed by atoms with van der Waals surface area (Å²) in [6, 6.07) is 10.7. The van der Waals surface area contributed by atoms with E-state index in [9.17, 15) is 9.59 Å². The maximum absolute atomic E-state index is 12.8. The fourth-order valence-corrected chi connectivity index (χ4v) is 3.65. The lowest BCUT2D eigenvalue weighted by Gasteiger charge is -2.17. The van der Waals surface area contributed by atoms with Gasteiger partial charge in [-0.3, -0.25) is 9.59 Å². The van der Waals surface area contributed by atoms with Crippen molar-refractivity contribution in [1.29, 1.82) is 0 Å². The molecule has 0 radical (unpaired) electrons. The van der Waals surface area contributed by atoms with Crippen molar-refractivity contribution in [3.63, 3.8) is 0 Å². The number of carbonyl (C=O) groups excluding carboxylic acids is 2. The second-order valence-electron chi connectivity index (χ2n) is 5.61. The zero-order valence-corrected chi connectivity index (χ0v) is 15.0. The van der Waals surface area contributed by atoms with Crippen molar-refractivity contribution in [2.75, 3.05) is 7.05 Å². The number of aromatic nitrogens is 1. The summed E-state index contributed by atoms with van der Waals surface area (Å²) in [6.45, 7) is 0.371. The number of aromatic amines is 1. The Morgan fingerprint density at radius 2 is 2.04 bits per heavy atom. The molecule has 0 fully saturated rings. The minimum absolute atomic E-state index is 0.120. The van der Waals surface area contributed by atoms with E-state index in [-0.39, 0.29) is 5.91 Å². The standard InChI is InChI=1S/C18H16ClN3O2S/c1-22(10-11-3-2-4-12(7-11)17(20)23)18(24)14-9-21-8-13(14)15-5-6-16(19)25-15/h2-9,21H,10H2,1H3,(H2,20,23). The summed E-state index contributed by atoms with van der Waals surface area (Å²) in [5.74, 6) is -0.608. The summed E-state index contributed by atoms with van der Waals surface area (Å²) in [7, 11) is 1.72. The zero-order valence-electron chi connectivity index (χ0n) is 13.5. The van der Waals surface area contributed by atoms with Crippen molar-refractivity contribution in [2.24, 2.45) is 5.73 Å². The number of nitrogens with zero attached hydrogens (tertiary/aromatic N) is 1. The zero-order chi connectivity index (χ0) is 18.0. The maximum Gasteiger partial charge on any atom is 0.256 e. The summed E-state index contributed by atoms with van der Waals surface area (Å²) in [5.41, 5.74) is 7.96. The van der Waals surface area contributed by atoms with Gasteiger partial charge in [0.05, 0.1) is 9.90 Å². The van der Waals surface area contributed by atoms with Gasteiger partial charge in [0.15, 0.2) is 0 Å². The van der Waals surface area contributed by atoms with Crippen molar-refractivity contribution in [3.8, 4) is 10.4 Å². The number of nitrogens with two attached hydrogens (primary N) is 1. The van der Waals surface area contributed by atoms with E-state index in [0.717, 1.165) is 16.0 Å². The molecule has 0 spiro atoms. The Morgan fingerprint density at radius 1 is 1.24 bits per heavy atom. The second-order valence-corrected chi connectivity index (χ2v) is 7.33. The number of nitrogens with one attached hydrogen (secondary N) is 1. The number of hydrogen-bond acceptors (Lipinski definition) is 3. The van der Waals surface area contributed by atoms with Crippen LogP contribution in [0.4, 0.5) is 0 Å². The largest absolute Gasteiger partial charge is 0.366 e. The lowest BCUT2D eigenvalue weighted by molar-refractivity contribution is 0.0786. The van der Waals surface area contributed by atoms with E-state index in [0.29, 0.717) is 22.0 Å². The quantitative estimate of drug-likeness (QED) is 0.714. The number of amides is 2. The predicted molar refractivity (Wildman–Crippen MR) is 99.9 cm³/mol. The van der Waals surface area contributed by atoms with E-state index in [2.05, 4.69) is 4.98 Å². The number of thiophene rings is 1. The van der Waals surface area contributed by atoms with Gasteiger partial charge in [0.1, 0.15) is 0 Å². The summed E-state index contributed by atoms with van der Waals surface area (Å²) >= 11 is 7.42. The molecule has 0 saturated heterocycles. The number of H-pyrrole nitrogens is 1. The van der Waals surface area contributed by atoms with Crippen LogP contribution >= 0.6 is 22.9 Å². The van der Waals surface area contributed by atoms with E-state index >= 15 is 0 Å². The van der Waals surface area contributed by atoms with Crippen LogP contribution in [0.2, 0.25) is 4.34 Å².